The number of ether oxygens (including phenoxy) is 1. The van der Waals surface area contributed by atoms with Crippen LogP contribution in [0.1, 0.15) is 39.1 Å². The van der Waals surface area contributed by atoms with Crippen LogP contribution in [0.3, 0.4) is 0 Å². The SMILES string of the molecule is CCNC(=O)CSc1nnc(COc2ccc(CC)cc2)n1CC(C)C. The van der Waals surface area contributed by atoms with Crippen LogP contribution in [0, 0.1) is 5.92 Å². The molecule has 0 bridgehead atoms. The van der Waals surface area contributed by atoms with Crippen molar-refractivity contribution in [3.8, 4) is 5.75 Å². The van der Waals surface area contributed by atoms with Crippen molar-refractivity contribution in [3.05, 3.63) is 35.7 Å². The molecule has 0 aliphatic heterocycles. The normalized spacial score (nSPS) is 11.0. The van der Waals surface area contributed by atoms with Crippen molar-refractivity contribution in [1.82, 2.24) is 20.1 Å². The summed E-state index contributed by atoms with van der Waals surface area (Å²) < 4.78 is 7.93. The Kier molecular flexibility index (Phi) is 7.97. The van der Waals surface area contributed by atoms with Crippen molar-refractivity contribution < 1.29 is 9.53 Å². The third kappa shape index (κ3) is 6.05. The lowest BCUT2D eigenvalue weighted by atomic mass is 10.2. The first-order valence-electron chi connectivity index (χ1n) is 9.06. The Bertz CT molecular complexity index is 698. The first-order chi connectivity index (χ1) is 12.5. The van der Waals surface area contributed by atoms with Gasteiger partial charge < -0.3 is 14.6 Å². The van der Waals surface area contributed by atoms with Gasteiger partial charge in [-0.3, -0.25) is 4.79 Å². The molecule has 1 aromatic carbocycles. The van der Waals surface area contributed by atoms with Crippen molar-refractivity contribution in [2.24, 2.45) is 5.92 Å². The topological polar surface area (TPSA) is 69.0 Å². The summed E-state index contributed by atoms with van der Waals surface area (Å²) in [6, 6.07) is 8.10. The molecule has 1 heterocycles. The van der Waals surface area contributed by atoms with Gasteiger partial charge in [0.25, 0.3) is 0 Å². The molecule has 142 valence electrons. The van der Waals surface area contributed by atoms with Crippen LogP contribution < -0.4 is 10.1 Å². The van der Waals surface area contributed by atoms with Crippen LogP contribution in [0.5, 0.6) is 5.75 Å². The van der Waals surface area contributed by atoms with Crippen LogP contribution in [-0.4, -0.2) is 33.0 Å². The van der Waals surface area contributed by atoms with Gasteiger partial charge in [0.15, 0.2) is 11.0 Å². The number of amides is 1. The van der Waals surface area contributed by atoms with Gasteiger partial charge in [-0.05, 0) is 37.0 Å². The summed E-state index contributed by atoms with van der Waals surface area (Å²) in [5.74, 6) is 2.38. The number of benzene rings is 1. The number of nitrogens with zero attached hydrogens (tertiary/aromatic N) is 3. The Morgan fingerprint density at radius 2 is 1.96 bits per heavy atom. The predicted molar refractivity (Wildman–Crippen MR) is 104 cm³/mol. The van der Waals surface area contributed by atoms with Gasteiger partial charge in [-0.15, -0.1) is 10.2 Å². The molecule has 2 rings (SSSR count). The zero-order valence-electron chi connectivity index (χ0n) is 16.0. The summed E-state index contributed by atoms with van der Waals surface area (Å²) in [4.78, 5) is 11.7. The van der Waals surface area contributed by atoms with E-state index in [0.717, 1.165) is 29.7 Å². The lowest BCUT2D eigenvalue weighted by Gasteiger charge is -2.13. The molecule has 2 aromatic rings. The Morgan fingerprint density at radius 1 is 1.23 bits per heavy atom. The van der Waals surface area contributed by atoms with E-state index in [1.807, 2.05) is 19.1 Å². The van der Waals surface area contributed by atoms with Gasteiger partial charge in [-0.1, -0.05) is 44.7 Å². The van der Waals surface area contributed by atoms with E-state index in [-0.39, 0.29) is 5.91 Å². The molecular weight excluding hydrogens is 348 g/mol. The minimum Gasteiger partial charge on any atom is -0.486 e. The number of nitrogens with one attached hydrogen (secondary N) is 1. The number of aryl methyl sites for hydroxylation is 1. The van der Waals surface area contributed by atoms with Crippen molar-refractivity contribution in [2.45, 2.75) is 52.4 Å². The van der Waals surface area contributed by atoms with Gasteiger partial charge in [0.2, 0.25) is 5.91 Å². The molecule has 7 heteroatoms. The van der Waals surface area contributed by atoms with Crippen LogP contribution in [0.2, 0.25) is 0 Å². The standard InChI is InChI=1S/C19H28N4O2S/c1-5-15-7-9-16(10-8-15)25-12-17-21-22-19(23(17)11-14(3)4)26-13-18(24)20-6-2/h7-10,14H,5-6,11-13H2,1-4H3,(H,20,24). The molecule has 0 spiro atoms. The second kappa shape index (κ2) is 10.2. The van der Waals surface area contributed by atoms with Crippen molar-refractivity contribution in [3.63, 3.8) is 0 Å². The molecule has 0 aliphatic carbocycles. The molecule has 0 atom stereocenters. The van der Waals surface area contributed by atoms with Gasteiger partial charge in [-0.2, -0.15) is 0 Å². The van der Waals surface area contributed by atoms with E-state index in [0.29, 0.717) is 24.8 Å². The number of carbonyl (C=O) groups is 1. The summed E-state index contributed by atoms with van der Waals surface area (Å²) >= 11 is 1.41. The lowest BCUT2D eigenvalue weighted by Crippen LogP contribution is -2.24. The third-order valence-corrected chi connectivity index (χ3v) is 4.71. The minimum absolute atomic E-state index is 0.00501. The quantitative estimate of drug-likeness (QED) is 0.644. The van der Waals surface area contributed by atoms with Crippen molar-refractivity contribution >= 4 is 17.7 Å². The van der Waals surface area contributed by atoms with Gasteiger partial charge >= 0.3 is 0 Å². The highest BCUT2D eigenvalue weighted by Crippen LogP contribution is 2.20. The van der Waals surface area contributed by atoms with E-state index in [9.17, 15) is 4.79 Å². The molecule has 0 radical (unpaired) electrons. The van der Waals surface area contributed by atoms with E-state index in [1.54, 1.807) is 0 Å². The summed E-state index contributed by atoms with van der Waals surface area (Å²) in [5.41, 5.74) is 1.28. The maximum atomic E-state index is 11.7. The fourth-order valence-corrected chi connectivity index (χ4v) is 3.23. The largest absolute Gasteiger partial charge is 0.486 e. The number of hydrogen-bond donors (Lipinski definition) is 1. The molecular formula is C19H28N4O2S. The highest BCUT2D eigenvalue weighted by molar-refractivity contribution is 7.99. The van der Waals surface area contributed by atoms with Crippen LogP contribution in [0.15, 0.2) is 29.4 Å². The Labute approximate surface area is 159 Å². The molecule has 1 N–H and O–H groups in total. The number of aromatic nitrogens is 3. The number of carbonyl (C=O) groups excluding carboxylic acids is 1. The monoisotopic (exact) mass is 376 g/mol. The number of rotatable bonds is 10. The molecule has 0 saturated carbocycles. The highest BCUT2D eigenvalue weighted by atomic mass is 32.2. The molecule has 0 fully saturated rings. The average molecular weight is 377 g/mol. The summed E-state index contributed by atoms with van der Waals surface area (Å²) in [5, 5.41) is 12.1. The summed E-state index contributed by atoms with van der Waals surface area (Å²) in [7, 11) is 0. The minimum atomic E-state index is 0.00501. The Morgan fingerprint density at radius 3 is 2.58 bits per heavy atom. The third-order valence-electron chi connectivity index (χ3n) is 3.75. The summed E-state index contributed by atoms with van der Waals surface area (Å²) in [6.45, 7) is 10.1. The maximum Gasteiger partial charge on any atom is 0.230 e. The van der Waals surface area contributed by atoms with Crippen molar-refractivity contribution in [1.29, 1.82) is 0 Å². The molecule has 1 amide bonds. The zero-order chi connectivity index (χ0) is 18.9. The fraction of sp³-hybridized carbons (Fsp3) is 0.526. The van der Waals surface area contributed by atoms with Crippen molar-refractivity contribution in [2.75, 3.05) is 12.3 Å². The first-order valence-corrected chi connectivity index (χ1v) is 10.0. The molecule has 0 saturated heterocycles. The summed E-state index contributed by atoms with van der Waals surface area (Å²) in [6.07, 6.45) is 1.01. The van der Waals surface area contributed by atoms with Gasteiger partial charge in [0.05, 0.1) is 5.75 Å². The van der Waals surface area contributed by atoms with E-state index in [1.165, 1.54) is 17.3 Å². The van der Waals surface area contributed by atoms with E-state index in [4.69, 9.17) is 4.74 Å². The number of thioether (sulfide) groups is 1. The first kappa shape index (κ1) is 20.3. The van der Waals surface area contributed by atoms with E-state index >= 15 is 0 Å². The smallest absolute Gasteiger partial charge is 0.230 e. The molecule has 1 aromatic heterocycles. The van der Waals surface area contributed by atoms with Crippen LogP contribution >= 0.6 is 11.8 Å². The van der Waals surface area contributed by atoms with Gasteiger partial charge in [0.1, 0.15) is 12.4 Å². The Balaban J connectivity index is 2.05. The predicted octanol–water partition coefficient (Wildman–Crippen LogP) is 3.30. The van der Waals surface area contributed by atoms with Crippen LogP contribution in [0.25, 0.3) is 0 Å². The fourth-order valence-electron chi connectivity index (χ4n) is 2.43. The average Bonchev–Trinajstić information content (AvgIpc) is 3.00. The second-order valence-corrected chi connectivity index (χ2v) is 7.37. The molecule has 0 unspecified atom stereocenters. The van der Waals surface area contributed by atoms with Crippen LogP contribution in [-0.2, 0) is 24.4 Å². The van der Waals surface area contributed by atoms with E-state index < -0.39 is 0 Å². The second-order valence-electron chi connectivity index (χ2n) is 6.43. The molecule has 6 nitrogen and oxygen atoms in total. The van der Waals surface area contributed by atoms with Gasteiger partial charge in [-0.25, -0.2) is 0 Å². The zero-order valence-corrected chi connectivity index (χ0v) is 16.8. The van der Waals surface area contributed by atoms with E-state index in [2.05, 4.69) is 53.0 Å². The maximum absolute atomic E-state index is 11.7. The van der Waals surface area contributed by atoms with Crippen LogP contribution in [0.4, 0.5) is 0 Å². The highest BCUT2D eigenvalue weighted by Gasteiger charge is 2.15. The number of hydrogen-bond acceptors (Lipinski definition) is 5. The van der Waals surface area contributed by atoms with Gasteiger partial charge in [0, 0.05) is 13.1 Å². The lowest BCUT2D eigenvalue weighted by molar-refractivity contribution is -0.118. The molecule has 26 heavy (non-hydrogen) atoms. The molecule has 0 aliphatic rings. The Hall–Kier alpha value is -2.02.